The Morgan fingerprint density at radius 2 is 1.64 bits per heavy atom. The molecule has 3 nitrogen and oxygen atoms in total. The van der Waals surface area contributed by atoms with Crippen molar-refractivity contribution in [1.82, 2.24) is 0 Å². The summed E-state index contributed by atoms with van der Waals surface area (Å²) in [5.74, 6) is -0.186. The summed E-state index contributed by atoms with van der Waals surface area (Å²) in [6, 6.07) is 18.3. The molecule has 0 aliphatic heterocycles. The van der Waals surface area contributed by atoms with E-state index in [2.05, 4.69) is 0 Å². The van der Waals surface area contributed by atoms with E-state index in [1.807, 2.05) is 0 Å². The summed E-state index contributed by atoms with van der Waals surface area (Å²) in [4.78, 5) is 13.3. The third-order valence-corrected chi connectivity index (χ3v) is 7.13. The normalized spacial score (nSPS) is 12.7. The van der Waals surface area contributed by atoms with Crippen LogP contribution in [0.3, 0.4) is 0 Å². The van der Waals surface area contributed by atoms with Gasteiger partial charge in [-0.2, -0.15) is 0 Å². The Hall–Kier alpha value is -1.95. The second kappa shape index (κ2) is 7.52. The van der Waals surface area contributed by atoms with E-state index >= 15 is 0 Å². The minimum Gasteiger partial charge on any atom is -0.293 e. The van der Waals surface area contributed by atoms with Crippen LogP contribution in [0.4, 0.5) is 0 Å². The zero-order valence-corrected chi connectivity index (χ0v) is 15.5. The number of rotatable bonds is 6. The van der Waals surface area contributed by atoms with E-state index in [0.29, 0.717) is 15.5 Å². The van der Waals surface area contributed by atoms with Gasteiger partial charge in [-0.3, -0.25) is 4.79 Å². The van der Waals surface area contributed by atoms with Crippen LogP contribution in [0.2, 0.25) is 5.02 Å². The van der Waals surface area contributed by atoms with Crippen LogP contribution in [0.25, 0.3) is 0 Å². The van der Waals surface area contributed by atoms with Gasteiger partial charge in [0.05, 0.1) is 15.0 Å². The first-order valence-electron chi connectivity index (χ1n) is 7.59. The molecule has 0 aliphatic rings. The van der Waals surface area contributed by atoms with Crippen LogP contribution < -0.4 is 0 Å². The largest absolute Gasteiger partial charge is 0.293 e. The molecule has 3 rings (SSSR count). The van der Waals surface area contributed by atoms with Crippen molar-refractivity contribution < 1.29 is 13.2 Å². The average molecular weight is 391 g/mol. The fourth-order valence-corrected chi connectivity index (χ4v) is 5.12. The molecule has 6 heteroatoms. The van der Waals surface area contributed by atoms with Crippen LogP contribution in [0.1, 0.15) is 26.9 Å². The first kappa shape index (κ1) is 17.9. The van der Waals surface area contributed by atoms with Crippen molar-refractivity contribution in [3.8, 4) is 0 Å². The molecule has 3 aromatic rings. The number of hydrogen-bond donors (Lipinski definition) is 0. The van der Waals surface area contributed by atoms with Gasteiger partial charge in [-0.15, -0.1) is 11.3 Å². The van der Waals surface area contributed by atoms with Gasteiger partial charge in [-0.05, 0) is 41.3 Å². The van der Waals surface area contributed by atoms with Crippen LogP contribution >= 0.6 is 22.9 Å². The SMILES string of the molecule is O=C(CC(c1ccc(Cl)cc1)S(=O)(=O)c1ccccc1)c1cccs1. The highest BCUT2D eigenvalue weighted by Crippen LogP contribution is 2.34. The van der Waals surface area contributed by atoms with Crippen molar-refractivity contribution in [2.75, 3.05) is 0 Å². The van der Waals surface area contributed by atoms with E-state index in [1.165, 1.54) is 11.3 Å². The van der Waals surface area contributed by atoms with Gasteiger partial charge in [-0.25, -0.2) is 8.42 Å². The topological polar surface area (TPSA) is 51.2 Å². The van der Waals surface area contributed by atoms with Crippen LogP contribution in [0, 0.1) is 0 Å². The van der Waals surface area contributed by atoms with Crippen molar-refractivity contribution in [3.63, 3.8) is 0 Å². The number of carbonyl (C=O) groups excluding carboxylic acids is 1. The summed E-state index contributed by atoms with van der Waals surface area (Å²) in [6.07, 6.45) is -0.112. The predicted octanol–water partition coefficient (Wildman–Crippen LogP) is 5.19. The highest BCUT2D eigenvalue weighted by Gasteiger charge is 2.31. The fraction of sp³-hybridized carbons (Fsp3) is 0.105. The summed E-state index contributed by atoms with van der Waals surface area (Å²) in [7, 11) is -3.71. The second-order valence-corrected chi connectivity index (χ2v) is 9.02. The molecule has 1 aromatic heterocycles. The van der Waals surface area contributed by atoms with Crippen molar-refractivity contribution in [1.29, 1.82) is 0 Å². The number of Topliss-reactive ketones (excluding diaryl/α,β-unsaturated/α-hetero) is 1. The van der Waals surface area contributed by atoms with Crippen LogP contribution in [0.15, 0.2) is 77.0 Å². The molecule has 0 saturated carbocycles. The number of sulfone groups is 1. The van der Waals surface area contributed by atoms with Crippen LogP contribution in [0.5, 0.6) is 0 Å². The lowest BCUT2D eigenvalue weighted by Crippen LogP contribution is -2.17. The van der Waals surface area contributed by atoms with Gasteiger partial charge in [0, 0.05) is 11.4 Å². The maximum absolute atomic E-state index is 13.1. The third-order valence-electron chi connectivity index (χ3n) is 3.85. The first-order valence-corrected chi connectivity index (χ1v) is 10.4. The summed E-state index contributed by atoms with van der Waals surface area (Å²) in [6.45, 7) is 0. The molecule has 128 valence electrons. The number of halogens is 1. The molecule has 0 fully saturated rings. The highest BCUT2D eigenvalue weighted by atomic mass is 35.5. The van der Waals surface area contributed by atoms with E-state index in [9.17, 15) is 13.2 Å². The van der Waals surface area contributed by atoms with E-state index in [1.54, 1.807) is 72.1 Å². The molecule has 1 atom stereocenters. The Balaban J connectivity index is 2.03. The number of carbonyl (C=O) groups is 1. The zero-order chi connectivity index (χ0) is 17.9. The van der Waals surface area contributed by atoms with E-state index in [0.717, 1.165) is 0 Å². The van der Waals surface area contributed by atoms with Crippen LogP contribution in [-0.4, -0.2) is 14.2 Å². The minimum absolute atomic E-state index is 0.112. The lowest BCUT2D eigenvalue weighted by molar-refractivity contribution is 0.0984. The van der Waals surface area contributed by atoms with E-state index < -0.39 is 15.1 Å². The molecule has 0 radical (unpaired) electrons. The summed E-state index contributed by atoms with van der Waals surface area (Å²) >= 11 is 7.23. The van der Waals surface area contributed by atoms with Gasteiger partial charge in [0.2, 0.25) is 0 Å². The Bertz CT molecular complexity index is 948. The Morgan fingerprint density at radius 1 is 0.960 bits per heavy atom. The van der Waals surface area contributed by atoms with Gasteiger partial charge in [0.15, 0.2) is 15.6 Å². The monoisotopic (exact) mass is 390 g/mol. The smallest absolute Gasteiger partial charge is 0.185 e. The predicted molar refractivity (Wildman–Crippen MR) is 101 cm³/mol. The maximum atomic E-state index is 13.1. The van der Waals surface area contributed by atoms with E-state index in [-0.39, 0.29) is 17.1 Å². The highest BCUT2D eigenvalue weighted by molar-refractivity contribution is 7.91. The van der Waals surface area contributed by atoms with Crippen molar-refractivity contribution >= 4 is 38.6 Å². The van der Waals surface area contributed by atoms with Gasteiger partial charge in [0.1, 0.15) is 0 Å². The zero-order valence-electron chi connectivity index (χ0n) is 13.1. The molecular formula is C19H15ClO3S2. The second-order valence-electron chi connectivity index (χ2n) is 5.50. The number of benzene rings is 2. The average Bonchev–Trinajstić information content (AvgIpc) is 3.16. The van der Waals surface area contributed by atoms with Gasteiger partial charge >= 0.3 is 0 Å². The summed E-state index contributed by atoms with van der Waals surface area (Å²) in [5, 5.41) is 1.36. The number of thiophene rings is 1. The standard InChI is InChI=1S/C19H15ClO3S2/c20-15-10-8-14(9-11-15)19(13-17(21)18-7-4-12-24-18)25(22,23)16-5-2-1-3-6-16/h1-12,19H,13H2. The molecule has 1 unspecified atom stereocenters. The Morgan fingerprint density at radius 3 is 2.24 bits per heavy atom. The Labute approximate surface area is 155 Å². The van der Waals surface area contributed by atoms with Gasteiger partial charge in [-0.1, -0.05) is 48.0 Å². The Kier molecular flexibility index (Phi) is 5.37. The molecule has 2 aromatic carbocycles. The maximum Gasteiger partial charge on any atom is 0.185 e. The van der Waals surface area contributed by atoms with Crippen molar-refractivity contribution in [2.24, 2.45) is 0 Å². The van der Waals surface area contributed by atoms with Crippen molar-refractivity contribution in [2.45, 2.75) is 16.6 Å². The number of hydrogen-bond acceptors (Lipinski definition) is 4. The summed E-state index contributed by atoms with van der Waals surface area (Å²) in [5.41, 5.74) is 0.554. The molecule has 0 bridgehead atoms. The van der Waals surface area contributed by atoms with Gasteiger partial charge in [0.25, 0.3) is 0 Å². The molecule has 25 heavy (non-hydrogen) atoms. The molecule has 0 amide bonds. The molecular weight excluding hydrogens is 376 g/mol. The molecule has 0 spiro atoms. The van der Waals surface area contributed by atoms with Crippen molar-refractivity contribution in [3.05, 3.63) is 87.6 Å². The molecule has 0 saturated heterocycles. The first-order chi connectivity index (χ1) is 12.0. The fourth-order valence-electron chi connectivity index (χ4n) is 2.56. The molecule has 1 heterocycles. The molecule has 0 N–H and O–H groups in total. The molecule has 0 aliphatic carbocycles. The lowest BCUT2D eigenvalue weighted by Gasteiger charge is -2.18. The minimum atomic E-state index is -3.71. The van der Waals surface area contributed by atoms with Crippen LogP contribution in [-0.2, 0) is 9.84 Å². The third kappa shape index (κ3) is 4.00. The quantitative estimate of drug-likeness (QED) is 0.544. The summed E-state index contributed by atoms with van der Waals surface area (Å²) < 4.78 is 26.3. The van der Waals surface area contributed by atoms with Gasteiger partial charge < -0.3 is 0 Å². The number of ketones is 1. The van der Waals surface area contributed by atoms with E-state index in [4.69, 9.17) is 11.6 Å². The lowest BCUT2D eigenvalue weighted by atomic mass is 10.1.